The molecule has 0 fully saturated rings. The standard InChI is InChI=1S/C14H12F3NOS/c1-19-13(14(15,16)17,11-7-3-2-4-8-11)20-12-9-5-6-10-18-12/h2-10H,1H3. The third-order valence-corrected chi connectivity index (χ3v) is 4.07. The van der Waals surface area contributed by atoms with Crippen LogP contribution in [0.25, 0.3) is 0 Å². The first-order chi connectivity index (χ1) is 9.49. The van der Waals surface area contributed by atoms with E-state index in [4.69, 9.17) is 4.74 Å². The van der Waals surface area contributed by atoms with Gasteiger partial charge >= 0.3 is 6.18 Å². The van der Waals surface area contributed by atoms with Crippen molar-refractivity contribution in [2.75, 3.05) is 7.11 Å². The third-order valence-electron chi connectivity index (χ3n) is 2.70. The summed E-state index contributed by atoms with van der Waals surface area (Å²) in [7, 11) is 1.05. The van der Waals surface area contributed by atoms with E-state index in [1.165, 1.54) is 24.4 Å². The normalized spacial score (nSPS) is 14.8. The Balaban J connectivity index is 2.49. The lowest BCUT2D eigenvalue weighted by molar-refractivity contribution is -0.234. The molecule has 106 valence electrons. The van der Waals surface area contributed by atoms with Gasteiger partial charge in [-0.3, -0.25) is 0 Å². The summed E-state index contributed by atoms with van der Waals surface area (Å²) in [4.78, 5) is 1.46. The van der Waals surface area contributed by atoms with E-state index in [1.807, 2.05) is 0 Å². The van der Waals surface area contributed by atoms with Gasteiger partial charge in [-0.05, 0) is 12.1 Å². The van der Waals surface area contributed by atoms with Gasteiger partial charge in [-0.1, -0.05) is 48.2 Å². The monoisotopic (exact) mass is 299 g/mol. The summed E-state index contributed by atoms with van der Waals surface area (Å²) in [6.07, 6.45) is -3.13. The number of ether oxygens (including phenoxy) is 1. The van der Waals surface area contributed by atoms with Gasteiger partial charge < -0.3 is 4.74 Å². The number of halogens is 3. The number of hydrogen-bond acceptors (Lipinski definition) is 3. The Morgan fingerprint density at radius 3 is 2.15 bits per heavy atom. The van der Waals surface area contributed by atoms with Crippen LogP contribution in [0.15, 0.2) is 59.8 Å². The maximum Gasteiger partial charge on any atom is 0.431 e. The first kappa shape index (κ1) is 14.9. The molecule has 0 bridgehead atoms. The van der Waals surface area contributed by atoms with Gasteiger partial charge in [0.2, 0.25) is 4.93 Å². The number of nitrogens with zero attached hydrogens (tertiary/aromatic N) is 1. The van der Waals surface area contributed by atoms with E-state index in [0.29, 0.717) is 11.8 Å². The molecule has 0 radical (unpaired) electrons. The first-order valence-corrected chi connectivity index (χ1v) is 6.59. The Labute approximate surface area is 119 Å². The molecule has 0 aliphatic heterocycles. The second-order valence-corrected chi connectivity index (χ2v) is 5.15. The van der Waals surface area contributed by atoms with Gasteiger partial charge in [0.05, 0.1) is 5.03 Å². The van der Waals surface area contributed by atoms with E-state index in [1.54, 1.807) is 30.3 Å². The molecule has 1 aromatic heterocycles. The van der Waals surface area contributed by atoms with Gasteiger partial charge in [-0.25, -0.2) is 4.98 Å². The number of rotatable bonds is 4. The maximum absolute atomic E-state index is 13.6. The minimum absolute atomic E-state index is 0.0330. The Morgan fingerprint density at radius 2 is 1.65 bits per heavy atom. The Bertz CT molecular complexity index is 547. The quantitative estimate of drug-likeness (QED) is 0.623. The molecule has 0 saturated heterocycles. The second-order valence-electron chi connectivity index (χ2n) is 3.95. The van der Waals surface area contributed by atoms with E-state index >= 15 is 0 Å². The van der Waals surface area contributed by atoms with E-state index < -0.39 is 11.1 Å². The topological polar surface area (TPSA) is 22.1 Å². The van der Waals surface area contributed by atoms with Crippen molar-refractivity contribution in [1.82, 2.24) is 4.98 Å². The lowest BCUT2D eigenvalue weighted by atomic mass is 10.1. The molecule has 0 saturated carbocycles. The number of aromatic nitrogens is 1. The van der Waals surface area contributed by atoms with Crippen LogP contribution in [0.3, 0.4) is 0 Å². The predicted molar refractivity (Wildman–Crippen MR) is 71.3 cm³/mol. The summed E-state index contributed by atoms with van der Waals surface area (Å²) in [5.41, 5.74) is 0.0330. The fraction of sp³-hybridized carbons (Fsp3) is 0.214. The molecule has 1 unspecified atom stereocenters. The molecule has 6 heteroatoms. The average molecular weight is 299 g/mol. The first-order valence-electron chi connectivity index (χ1n) is 5.77. The van der Waals surface area contributed by atoms with Crippen molar-refractivity contribution in [2.45, 2.75) is 16.1 Å². The Kier molecular flexibility index (Phi) is 4.35. The number of thioether (sulfide) groups is 1. The summed E-state index contributed by atoms with van der Waals surface area (Å²) >= 11 is 0.538. The van der Waals surface area contributed by atoms with Crippen molar-refractivity contribution < 1.29 is 17.9 Å². The molecule has 0 amide bonds. The summed E-state index contributed by atoms with van der Waals surface area (Å²) < 4.78 is 45.6. The average Bonchev–Trinajstić information content (AvgIpc) is 2.45. The Morgan fingerprint density at radius 1 is 1.00 bits per heavy atom. The number of benzene rings is 1. The number of alkyl halides is 3. The predicted octanol–water partition coefficient (Wildman–Crippen LogP) is 4.24. The van der Waals surface area contributed by atoms with Crippen LogP contribution in [0, 0.1) is 0 Å². The molecule has 1 heterocycles. The molecule has 0 N–H and O–H groups in total. The molecule has 2 aromatic rings. The third kappa shape index (κ3) is 2.81. The van der Waals surface area contributed by atoms with Gasteiger partial charge in [0.25, 0.3) is 0 Å². The van der Waals surface area contributed by atoms with E-state index in [9.17, 15) is 13.2 Å². The summed E-state index contributed by atoms with van der Waals surface area (Å²) in [6.45, 7) is 0. The molecular weight excluding hydrogens is 287 g/mol. The fourth-order valence-corrected chi connectivity index (χ4v) is 2.78. The fourth-order valence-electron chi connectivity index (χ4n) is 1.77. The molecule has 1 atom stereocenters. The van der Waals surface area contributed by atoms with Crippen LogP contribution in [-0.4, -0.2) is 18.3 Å². The lowest BCUT2D eigenvalue weighted by Crippen LogP contribution is -2.41. The number of hydrogen-bond donors (Lipinski definition) is 0. The minimum Gasteiger partial charge on any atom is -0.355 e. The highest BCUT2D eigenvalue weighted by molar-refractivity contribution is 8.00. The van der Waals surface area contributed by atoms with Gasteiger partial charge in [0.1, 0.15) is 0 Å². The Hall–Kier alpha value is -1.53. The zero-order valence-electron chi connectivity index (χ0n) is 10.6. The van der Waals surface area contributed by atoms with Gasteiger partial charge in [-0.2, -0.15) is 13.2 Å². The smallest absolute Gasteiger partial charge is 0.355 e. The van der Waals surface area contributed by atoms with Crippen LogP contribution in [-0.2, 0) is 9.67 Å². The van der Waals surface area contributed by atoms with Crippen molar-refractivity contribution in [3.63, 3.8) is 0 Å². The molecule has 1 aromatic carbocycles. The summed E-state index contributed by atoms with van der Waals surface area (Å²) in [5, 5.41) is 0.246. The van der Waals surface area contributed by atoms with Crippen LogP contribution < -0.4 is 0 Å². The minimum atomic E-state index is -4.58. The van der Waals surface area contributed by atoms with Crippen LogP contribution in [0.4, 0.5) is 13.2 Å². The summed E-state index contributed by atoms with van der Waals surface area (Å²) in [5.74, 6) is 0. The number of pyridine rings is 1. The van der Waals surface area contributed by atoms with Crippen molar-refractivity contribution in [2.24, 2.45) is 0 Å². The molecule has 0 aliphatic rings. The largest absolute Gasteiger partial charge is 0.431 e. The van der Waals surface area contributed by atoms with Gasteiger partial charge in [0, 0.05) is 18.9 Å². The highest BCUT2D eigenvalue weighted by Gasteiger charge is 2.58. The van der Waals surface area contributed by atoms with Gasteiger partial charge in [-0.15, -0.1) is 0 Å². The molecule has 2 nitrogen and oxygen atoms in total. The zero-order chi connectivity index (χ0) is 14.6. The van der Waals surface area contributed by atoms with E-state index in [0.717, 1.165) is 7.11 Å². The summed E-state index contributed by atoms with van der Waals surface area (Å²) in [6, 6.07) is 12.4. The second kappa shape index (κ2) is 5.85. The molecule has 20 heavy (non-hydrogen) atoms. The zero-order valence-corrected chi connectivity index (χ0v) is 11.4. The van der Waals surface area contributed by atoms with E-state index in [-0.39, 0.29) is 10.6 Å². The van der Waals surface area contributed by atoms with Crippen LogP contribution >= 0.6 is 11.8 Å². The lowest BCUT2D eigenvalue weighted by Gasteiger charge is -2.33. The molecule has 0 aliphatic carbocycles. The molecule has 0 spiro atoms. The van der Waals surface area contributed by atoms with Crippen LogP contribution in [0.2, 0.25) is 0 Å². The number of methoxy groups -OCH3 is 1. The van der Waals surface area contributed by atoms with Crippen molar-refractivity contribution in [1.29, 1.82) is 0 Å². The SMILES string of the molecule is COC(Sc1ccccn1)(c1ccccc1)C(F)(F)F. The molecule has 2 rings (SSSR count). The highest BCUT2D eigenvalue weighted by Crippen LogP contribution is 2.52. The van der Waals surface area contributed by atoms with Gasteiger partial charge in [0.15, 0.2) is 0 Å². The van der Waals surface area contributed by atoms with Crippen molar-refractivity contribution >= 4 is 11.8 Å². The van der Waals surface area contributed by atoms with Crippen molar-refractivity contribution in [3.05, 3.63) is 60.3 Å². The highest BCUT2D eigenvalue weighted by atomic mass is 32.2. The molecular formula is C14H12F3NOS. The van der Waals surface area contributed by atoms with Crippen LogP contribution in [0.5, 0.6) is 0 Å². The maximum atomic E-state index is 13.6. The van der Waals surface area contributed by atoms with Crippen molar-refractivity contribution in [3.8, 4) is 0 Å². The van der Waals surface area contributed by atoms with E-state index in [2.05, 4.69) is 4.98 Å². The van der Waals surface area contributed by atoms with Crippen LogP contribution in [0.1, 0.15) is 5.56 Å².